The van der Waals surface area contributed by atoms with Gasteiger partial charge in [-0.15, -0.1) is 10.2 Å². The topological polar surface area (TPSA) is 106 Å². The largest absolute Gasteiger partial charge is 0.507 e. The van der Waals surface area contributed by atoms with Gasteiger partial charge in [0.15, 0.2) is 5.75 Å². The number of phenols is 1. The Morgan fingerprint density at radius 2 is 1.87 bits per heavy atom. The number of hydrogen-bond donors (Lipinski definition) is 2. The molecule has 0 radical (unpaired) electrons. The fourth-order valence-corrected chi connectivity index (χ4v) is 6.71. The number of benzene rings is 1. The molecule has 0 amide bonds. The van der Waals surface area contributed by atoms with Gasteiger partial charge in [-0.1, -0.05) is 6.07 Å². The molecule has 4 atom stereocenters. The first kappa shape index (κ1) is 24.5. The van der Waals surface area contributed by atoms with E-state index >= 15 is 4.39 Å². The number of fused-ring (bicyclic) bond motifs is 3. The monoisotopic (exact) mass is 532 g/mol. The number of hydrogen-bond acceptors (Lipinski definition) is 9. The van der Waals surface area contributed by atoms with Gasteiger partial charge in [-0.2, -0.15) is 0 Å². The van der Waals surface area contributed by atoms with Gasteiger partial charge < -0.3 is 24.8 Å². The van der Waals surface area contributed by atoms with Gasteiger partial charge in [0.05, 0.1) is 12.2 Å². The molecule has 2 aromatic heterocycles. The zero-order valence-corrected chi connectivity index (χ0v) is 22.2. The molecule has 1 aromatic carbocycles. The maximum Gasteiger partial charge on any atom is 0.257 e. The minimum atomic E-state index is -1.03. The van der Waals surface area contributed by atoms with E-state index in [4.69, 9.17) is 9.47 Å². The van der Waals surface area contributed by atoms with E-state index in [1.807, 2.05) is 19.1 Å². The number of halogens is 1. The highest BCUT2D eigenvalue weighted by Gasteiger charge is 2.56. The average Bonchev–Trinajstić information content (AvgIpc) is 3.77. The summed E-state index contributed by atoms with van der Waals surface area (Å²) >= 11 is 0. The standard InChI is InChI=1S/C29H33FN6O3/c1-28-8-3-9-29(2,35-28)25(30)22(14-28)36(19-5-6-19)27-32-16-21(33-34-27)20-7-4-17(12-23(20)37)18-13-24-26(31-15-18)39-11-10-38-24/h4,7,12-13,15-16,19,22,25,35,37H,3,5-6,8-11,14H2,1-2H3/t22-,25-,28-,29+/m0/s1. The smallest absolute Gasteiger partial charge is 0.257 e. The number of pyridine rings is 1. The van der Waals surface area contributed by atoms with Crippen LogP contribution in [0.15, 0.2) is 36.7 Å². The van der Waals surface area contributed by atoms with Gasteiger partial charge >= 0.3 is 0 Å². The van der Waals surface area contributed by atoms with Gasteiger partial charge in [0.25, 0.3) is 5.88 Å². The molecule has 2 saturated heterocycles. The van der Waals surface area contributed by atoms with Gasteiger partial charge in [-0.3, -0.25) is 0 Å². The Bertz CT molecular complexity index is 1400. The molecule has 5 heterocycles. The Balaban J connectivity index is 1.15. The summed E-state index contributed by atoms with van der Waals surface area (Å²) in [5.74, 6) is 1.58. The minimum absolute atomic E-state index is 0.0566. The van der Waals surface area contributed by atoms with Crippen LogP contribution in [0.1, 0.15) is 52.4 Å². The number of nitrogens with zero attached hydrogens (tertiary/aromatic N) is 5. The van der Waals surface area contributed by atoms with Crippen LogP contribution in [0.25, 0.3) is 22.4 Å². The molecule has 3 fully saturated rings. The molecule has 2 bridgehead atoms. The average molecular weight is 533 g/mol. The van der Waals surface area contributed by atoms with Crippen LogP contribution >= 0.6 is 0 Å². The van der Waals surface area contributed by atoms with Crippen molar-refractivity contribution in [3.05, 3.63) is 36.7 Å². The molecule has 0 spiro atoms. The van der Waals surface area contributed by atoms with E-state index in [1.54, 1.807) is 24.5 Å². The molecule has 3 aromatic rings. The van der Waals surface area contributed by atoms with Crippen LogP contribution in [0.5, 0.6) is 17.4 Å². The minimum Gasteiger partial charge on any atom is -0.507 e. The summed E-state index contributed by atoms with van der Waals surface area (Å²) in [5, 5.41) is 23.4. The van der Waals surface area contributed by atoms with Crippen molar-refractivity contribution in [2.24, 2.45) is 0 Å². The van der Waals surface area contributed by atoms with E-state index in [0.717, 1.165) is 43.2 Å². The molecule has 3 aliphatic heterocycles. The van der Waals surface area contributed by atoms with Crippen LogP contribution in [-0.4, -0.2) is 67.8 Å². The third kappa shape index (κ3) is 4.34. The molecule has 10 heteroatoms. The Morgan fingerprint density at radius 1 is 1.03 bits per heavy atom. The molecule has 2 N–H and O–H groups in total. The molecule has 0 unspecified atom stereocenters. The lowest BCUT2D eigenvalue weighted by molar-refractivity contribution is 0.0000874. The van der Waals surface area contributed by atoms with Crippen molar-refractivity contribution in [3.63, 3.8) is 0 Å². The van der Waals surface area contributed by atoms with E-state index in [-0.39, 0.29) is 23.4 Å². The lowest BCUT2D eigenvalue weighted by Gasteiger charge is -2.57. The van der Waals surface area contributed by atoms with Crippen LogP contribution < -0.4 is 19.7 Å². The maximum atomic E-state index is 16.0. The van der Waals surface area contributed by atoms with E-state index in [9.17, 15) is 5.11 Å². The van der Waals surface area contributed by atoms with Gasteiger partial charge in [-0.05, 0) is 76.1 Å². The second-order valence-corrected chi connectivity index (χ2v) is 11.9. The van der Waals surface area contributed by atoms with Crippen molar-refractivity contribution < 1.29 is 19.0 Å². The van der Waals surface area contributed by atoms with Gasteiger partial charge in [0.1, 0.15) is 30.8 Å². The highest BCUT2D eigenvalue weighted by molar-refractivity contribution is 5.74. The first-order valence-corrected chi connectivity index (χ1v) is 13.8. The first-order valence-electron chi connectivity index (χ1n) is 13.8. The summed E-state index contributed by atoms with van der Waals surface area (Å²) in [6.45, 7) is 5.18. The highest BCUT2D eigenvalue weighted by atomic mass is 19.1. The van der Waals surface area contributed by atoms with Crippen molar-refractivity contribution in [1.82, 2.24) is 25.5 Å². The molecular weight excluding hydrogens is 499 g/mol. The quantitative estimate of drug-likeness (QED) is 0.493. The van der Waals surface area contributed by atoms with Crippen molar-refractivity contribution in [2.45, 2.75) is 81.7 Å². The van der Waals surface area contributed by atoms with Crippen LogP contribution in [-0.2, 0) is 0 Å². The van der Waals surface area contributed by atoms with E-state index in [2.05, 4.69) is 37.3 Å². The lowest BCUT2D eigenvalue weighted by atomic mass is 9.68. The third-order valence-corrected chi connectivity index (χ3v) is 8.70. The zero-order valence-electron chi connectivity index (χ0n) is 22.2. The zero-order chi connectivity index (χ0) is 26.8. The fraction of sp³-hybridized carbons (Fsp3) is 0.517. The van der Waals surface area contributed by atoms with Crippen molar-refractivity contribution >= 4 is 5.95 Å². The number of anilines is 1. The van der Waals surface area contributed by atoms with Gasteiger partial charge in [0, 0.05) is 34.4 Å². The number of rotatable bonds is 5. The molecule has 7 rings (SSSR count). The van der Waals surface area contributed by atoms with Crippen LogP contribution in [0.2, 0.25) is 0 Å². The molecule has 1 saturated carbocycles. The summed E-state index contributed by atoms with van der Waals surface area (Å²) in [6.07, 6.45) is 7.92. The molecule has 9 nitrogen and oxygen atoms in total. The lowest BCUT2D eigenvalue weighted by Crippen LogP contribution is -2.73. The molecule has 1 aliphatic carbocycles. The number of alkyl halides is 1. The Kier molecular flexibility index (Phi) is 5.66. The Labute approximate surface area is 226 Å². The van der Waals surface area contributed by atoms with Crippen molar-refractivity contribution in [3.8, 4) is 39.8 Å². The Morgan fingerprint density at radius 3 is 2.64 bits per heavy atom. The number of phenolic OH excluding ortho intramolecular Hbond substituents is 1. The predicted molar refractivity (Wildman–Crippen MR) is 144 cm³/mol. The van der Waals surface area contributed by atoms with Gasteiger partial charge in [-0.25, -0.2) is 14.4 Å². The van der Waals surface area contributed by atoms with Crippen molar-refractivity contribution in [2.75, 3.05) is 18.1 Å². The van der Waals surface area contributed by atoms with Crippen LogP contribution in [0.3, 0.4) is 0 Å². The fourth-order valence-electron chi connectivity index (χ4n) is 6.71. The van der Waals surface area contributed by atoms with E-state index in [0.29, 0.717) is 48.5 Å². The Hall–Kier alpha value is -3.53. The van der Waals surface area contributed by atoms with Crippen LogP contribution in [0, 0.1) is 0 Å². The summed E-state index contributed by atoms with van der Waals surface area (Å²) in [5.41, 5.74) is 1.92. The van der Waals surface area contributed by atoms with E-state index < -0.39 is 11.7 Å². The summed E-state index contributed by atoms with van der Waals surface area (Å²) in [6, 6.07) is 7.13. The normalized spacial score (nSPS) is 29.6. The third-order valence-electron chi connectivity index (χ3n) is 8.70. The number of aromatic nitrogens is 4. The predicted octanol–water partition coefficient (Wildman–Crippen LogP) is 4.45. The molecule has 4 aliphatic rings. The molecule has 204 valence electrons. The number of nitrogens with one attached hydrogen (secondary N) is 1. The second kappa shape index (κ2) is 9.01. The number of aromatic hydroxyl groups is 1. The summed E-state index contributed by atoms with van der Waals surface area (Å²) in [7, 11) is 0. The second-order valence-electron chi connectivity index (χ2n) is 11.9. The highest BCUT2D eigenvalue weighted by Crippen LogP contribution is 2.46. The molecule has 39 heavy (non-hydrogen) atoms. The van der Waals surface area contributed by atoms with E-state index in [1.165, 1.54) is 0 Å². The number of ether oxygens (including phenoxy) is 2. The summed E-state index contributed by atoms with van der Waals surface area (Å²) < 4.78 is 27.2. The molecular formula is C29H33FN6O3. The SMILES string of the molecule is C[C@@]12CCC[C@@](C)(N1)[C@@H](F)[C@@H](N(c1ncc(-c3ccc(-c4cnc5c(c4)OCCO5)cc3O)nn1)C1CC1)C2. The number of piperidine rings is 2. The van der Waals surface area contributed by atoms with Crippen LogP contribution in [0.4, 0.5) is 10.3 Å². The van der Waals surface area contributed by atoms with Gasteiger partial charge in [0.2, 0.25) is 5.95 Å². The van der Waals surface area contributed by atoms with Crippen molar-refractivity contribution in [1.29, 1.82) is 0 Å². The maximum absolute atomic E-state index is 16.0. The summed E-state index contributed by atoms with van der Waals surface area (Å²) in [4.78, 5) is 11.1. The first-order chi connectivity index (χ1) is 18.8.